The van der Waals surface area contributed by atoms with Gasteiger partial charge in [-0.25, -0.2) is 5.10 Å². The van der Waals surface area contributed by atoms with Crippen LogP contribution in [0.25, 0.3) is 0 Å². The Kier molecular flexibility index (Phi) is 4.19. The second kappa shape index (κ2) is 6.63. The normalized spacial score (nSPS) is 17.4. The molecule has 126 valence electrons. The van der Waals surface area contributed by atoms with Crippen molar-refractivity contribution < 1.29 is 4.79 Å². The van der Waals surface area contributed by atoms with Crippen LogP contribution in [0.4, 0.5) is 11.9 Å². The van der Waals surface area contributed by atoms with Gasteiger partial charge in [-0.15, -0.1) is 5.10 Å². The molecule has 0 unspecified atom stereocenters. The van der Waals surface area contributed by atoms with Crippen LogP contribution in [0.3, 0.4) is 0 Å². The van der Waals surface area contributed by atoms with Crippen LogP contribution < -0.4 is 10.2 Å². The number of piperidine rings is 1. The maximum atomic E-state index is 12.5. The Hall–Kier alpha value is -2.37. The van der Waals surface area contributed by atoms with Crippen molar-refractivity contribution in [1.82, 2.24) is 15.2 Å². The molecule has 1 saturated heterocycles. The van der Waals surface area contributed by atoms with Gasteiger partial charge in [-0.05, 0) is 68.2 Å². The van der Waals surface area contributed by atoms with Crippen LogP contribution in [-0.2, 0) is 12.8 Å². The van der Waals surface area contributed by atoms with Crippen LogP contribution in [0.5, 0.6) is 0 Å². The molecule has 6 heteroatoms. The number of hydrogen-bond acceptors (Lipinski definition) is 4. The predicted octanol–water partition coefficient (Wildman–Crippen LogP) is 2.93. The van der Waals surface area contributed by atoms with Crippen LogP contribution in [0.2, 0.25) is 0 Å². The third-order valence-electron chi connectivity index (χ3n) is 4.96. The van der Waals surface area contributed by atoms with Gasteiger partial charge >= 0.3 is 0 Å². The Morgan fingerprint density at radius 1 is 1.04 bits per heavy atom. The van der Waals surface area contributed by atoms with Gasteiger partial charge in [0, 0.05) is 18.7 Å². The van der Waals surface area contributed by atoms with Gasteiger partial charge in [-0.2, -0.15) is 4.98 Å². The van der Waals surface area contributed by atoms with Gasteiger partial charge in [0.05, 0.1) is 0 Å². The molecule has 1 fully saturated rings. The topological polar surface area (TPSA) is 73.9 Å². The zero-order valence-electron chi connectivity index (χ0n) is 13.8. The summed E-state index contributed by atoms with van der Waals surface area (Å²) < 4.78 is 0. The molecule has 0 saturated carbocycles. The summed E-state index contributed by atoms with van der Waals surface area (Å²) in [6, 6.07) is 6.01. The Bertz CT molecular complexity index is 733. The largest absolute Gasteiger partial charge is 0.340 e. The summed E-state index contributed by atoms with van der Waals surface area (Å²) in [4.78, 5) is 19.0. The van der Waals surface area contributed by atoms with Crippen LogP contribution >= 0.6 is 0 Å². The average molecular weight is 325 g/mol. The summed E-state index contributed by atoms with van der Waals surface area (Å²) in [6.45, 7) is 1.96. The number of nitrogens with zero attached hydrogens (tertiary/aromatic N) is 3. The Morgan fingerprint density at radius 3 is 2.67 bits per heavy atom. The molecule has 2 heterocycles. The zero-order chi connectivity index (χ0) is 16.4. The minimum absolute atomic E-state index is 0.135. The number of carbonyl (C=O) groups is 1. The fourth-order valence-electron chi connectivity index (χ4n) is 3.60. The van der Waals surface area contributed by atoms with Crippen molar-refractivity contribution in [3.05, 3.63) is 34.9 Å². The number of aryl methyl sites for hydroxylation is 2. The molecule has 0 radical (unpaired) electrons. The molecule has 0 atom stereocenters. The quantitative estimate of drug-likeness (QED) is 0.910. The average Bonchev–Trinajstić information content (AvgIpc) is 3.10. The molecule has 0 bridgehead atoms. The first kappa shape index (κ1) is 15.2. The number of anilines is 2. The number of aromatic nitrogens is 3. The number of hydrogen-bond donors (Lipinski definition) is 2. The van der Waals surface area contributed by atoms with E-state index in [1.165, 1.54) is 43.2 Å². The molecule has 4 rings (SSSR count). The first-order valence-electron chi connectivity index (χ1n) is 8.90. The van der Waals surface area contributed by atoms with Crippen LogP contribution in [0.1, 0.15) is 53.6 Å². The molecule has 24 heavy (non-hydrogen) atoms. The zero-order valence-corrected chi connectivity index (χ0v) is 13.8. The van der Waals surface area contributed by atoms with Crippen molar-refractivity contribution in [3.8, 4) is 0 Å². The Morgan fingerprint density at radius 2 is 1.83 bits per heavy atom. The molecule has 1 aliphatic heterocycles. The molecule has 2 aromatic rings. The first-order chi connectivity index (χ1) is 11.8. The molecular formula is C18H23N5O. The molecule has 2 aliphatic rings. The Labute approximate surface area is 141 Å². The summed E-state index contributed by atoms with van der Waals surface area (Å²) in [6.07, 6.45) is 8.26. The monoisotopic (exact) mass is 325 g/mol. The fourth-order valence-corrected chi connectivity index (χ4v) is 3.60. The molecule has 2 N–H and O–H groups in total. The standard InChI is InChI=1S/C18H23N5O/c24-16(15-9-8-13-6-2-3-7-14(13)12-15)19-17-20-18(22-21-17)23-10-4-1-5-11-23/h8-9,12H,1-7,10-11H2,(H2,19,20,21,22,24). The van der Waals surface area contributed by atoms with E-state index in [9.17, 15) is 4.79 Å². The number of rotatable bonds is 3. The van der Waals surface area contributed by atoms with E-state index in [1.807, 2.05) is 12.1 Å². The lowest BCUT2D eigenvalue weighted by Gasteiger charge is -2.24. The van der Waals surface area contributed by atoms with Crippen molar-refractivity contribution in [1.29, 1.82) is 0 Å². The summed E-state index contributed by atoms with van der Waals surface area (Å²) in [5.41, 5.74) is 3.37. The van der Waals surface area contributed by atoms with Gasteiger partial charge in [-0.3, -0.25) is 10.1 Å². The molecule has 6 nitrogen and oxygen atoms in total. The van der Waals surface area contributed by atoms with Gasteiger partial charge < -0.3 is 4.90 Å². The lowest BCUT2D eigenvalue weighted by atomic mass is 9.90. The molecule has 0 spiro atoms. The number of amides is 1. The van der Waals surface area contributed by atoms with Crippen molar-refractivity contribution in [2.24, 2.45) is 0 Å². The predicted molar refractivity (Wildman–Crippen MR) is 93.5 cm³/mol. The number of aromatic amines is 1. The fraction of sp³-hybridized carbons (Fsp3) is 0.500. The van der Waals surface area contributed by atoms with Crippen molar-refractivity contribution in [2.75, 3.05) is 23.3 Å². The highest BCUT2D eigenvalue weighted by atomic mass is 16.1. The van der Waals surface area contributed by atoms with Crippen molar-refractivity contribution in [2.45, 2.75) is 44.9 Å². The second-order valence-electron chi connectivity index (χ2n) is 6.68. The number of carbonyl (C=O) groups excluding carboxylic acids is 1. The summed E-state index contributed by atoms with van der Waals surface area (Å²) in [5.74, 6) is 0.957. The SMILES string of the molecule is O=C(Nc1nc(N2CCCCC2)n[nH]1)c1ccc2c(c1)CCCC2. The van der Waals surface area contributed by atoms with Gasteiger partial charge in [0.1, 0.15) is 0 Å². The lowest BCUT2D eigenvalue weighted by Crippen LogP contribution is -2.30. The van der Waals surface area contributed by atoms with Crippen molar-refractivity contribution >= 4 is 17.8 Å². The highest BCUT2D eigenvalue weighted by Gasteiger charge is 2.17. The van der Waals surface area contributed by atoms with E-state index in [1.54, 1.807) is 0 Å². The first-order valence-corrected chi connectivity index (χ1v) is 8.90. The highest BCUT2D eigenvalue weighted by molar-refractivity contribution is 6.03. The van der Waals surface area contributed by atoms with Gasteiger partial charge in [0.25, 0.3) is 5.91 Å². The van der Waals surface area contributed by atoms with Gasteiger partial charge in [-0.1, -0.05) is 6.07 Å². The van der Waals surface area contributed by atoms with Crippen LogP contribution in [0.15, 0.2) is 18.2 Å². The maximum Gasteiger partial charge on any atom is 0.258 e. The molecule has 1 aromatic heterocycles. The van der Waals surface area contributed by atoms with E-state index in [0.29, 0.717) is 17.5 Å². The summed E-state index contributed by atoms with van der Waals surface area (Å²) >= 11 is 0. The van der Waals surface area contributed by atoms with Crippen molar-refractivity contribution in [3.63, 3.8) is 0 Å². The summed E-state index contributed by atoms with van der Waals surface area (Å²) in [7, 11) is 0. The lowest BCUT2D eigenvalue weighted by molar-refractivity contribution is 0.102. The maximum absolute atomic E-state index is 12.5. The third kappa shape index (κ3) is 3.13. The van der Waals surface area contributed by atoms with E-state index >= 15 is 0 Å². The van der Waals surface area contributed by atoms with E-state index in [0.717, 1.165) is 25.9 Å². The smallest absolute Gasteiger partial charge is 0.258 e. The summed E-state index contributed by atoms with van der Waals surface area (Å²) in [5, 5.41) is 9.89. The second-order valence-corrected chi connectivity index (χ2v) is 6.68. The number of benzene rings is 1. The van der Waals surface area contributed by atoms with E-state index < -0.39 is 0 Å². The van der Waals surface area contributed by atoms with Gasteiger partial charge in [0.2, 0.25) is 11.9 Å². The molecule has 1 amide bonds. The number of H-pyrrole nitrogens is 1. The minimum Gasteiger partial charge on any atom is -0.340 e. The molecular weight excluding hydrogens is 302 g/mol. The van der Waals surface area contributed by atoms with Crippen LogP contribution in [0, 0.1) is 0 Å². The number of nitrogens with one attached hydrogen (secondary N) is 2. The van der Waals surface area contributed by atoms with E-state index in [4.69, 9.17) is 0 Å². The molecule has 1 aliphatic carbocycles. The third-order valence-corrected chi connectivity index (χ3v) is 4.96. The minimum atomic E-state index is -0.135. The van der Waals surface area contributed by atoms with E-state index in [2.05, 4.69) is 31.5 Å². The Balaban J connectivity index is 1.45. The van der Waals surface area contributed by atoms with Gasteiger partial charge in [0.15, 0.2) is 0 Å². The molecule has 1 aromatic carbocycles. The highest BCUT2D eigenvalue weighted by Crippen LogP contribution is 2.23. The number of fused-ring (bicyclic) bond motifs is 1. The van der Waals surface area contributed by atoms with Crippen LogP contribution in [-0.4, -0.2) is 34.2 Å². The van der Waals surface area contributed by atoms with E-state index in [-0.39, 0.29) is 5.91 Å².